The molecule has 0 heterocycles. The quantitative estimate of drug-likeness (QED) is 0.230. The highest BCUT2D eigenvalue weighted by molar-refractivity contribution is 9.10. The van der Waals surface area contributed by atoms with E-state index in [0.29, 0.717) is 11.3 Å². The highest BCUT2D eigenvalue weighted by Crippen LogP contribution is 2.32. The van der Waals surface area contributed by atoms with E-state index in [1.54, 1.807) is 43.3 Å². The predicted molar refractivity (Wildman–Crippen MR) is 133 cm³/mol. The van der Waals surface area contributed by atoms with Crippen LogP contribution >= 0.6 is 15.9 Å². The smallest absolute Gasteiger partial charge is 0.339 e. The van der Waals surface area contributed by atoms with Crippen LogP contribution in [0.3, 0.4) is 0 Å². The van der Waals surface area contributed by atoms with E-state index in [9.17, 15) is 18.5 Å². The van der Waals surface area contributed by atoms with Gasteiger partial charge in [-0.15, -0.1) is 0 Å². The summed E-state index contributed by atoms with van der Waals surface area (Å²) >= 11 is 3.32. The van der Waals surface area contributed by atoms with Crippen molar-refractivity contribution in [3.8, 4) is 17.6 Å². The van der Waals surface area contributed by atoms with E-state index in [2.05, 4.69) is 21.2 Å². The van der Waals surface area contributed by atoms with Gasteiger partial charge in [-0.3, -0.25) is 4.79 Å². The first-order valence-electron chi connectivity index (χ1n) is 10.2. The van der Waals surface area contributed by atoms with Crippen LogP contribution in [0.25, 0.3) is 6.08 Å². The molecule has 9 heteroatoms. The second-order valence-electron chi connectivity index (χ2n) is 7.12. The van der Waals surface area contributed by atoms with E-state index in [4.69, 9.17) is 8.92 Å². The van der Waals surface area contributed by atoms with Gasteiger partial charge in [0.15, 0.2) is 11.5 Å². The number of hydrogen-bond acceptors (Lipinski definition) is 6. The molecule has 0 spiro atoms. The summed E-state index contributed by atoms with van der Waals surface area (Å²) in [6.07, 6.45) is 1.38. The van der Waals surface area contributed by atoms with E-state index in [0.717, 1.165) is 10.0 Å². The molecule has 0 saturated heterocycles. The van der Waals surface area contributed by atoms with Crippen molar-refractivity contribution in [2.45, 2.75) is 18.7 Å². The number of amides is 1. The molecule has 0 saturated carbocycles. The molecule has 0 atom stereocenters. The molecule has 0 bridgehead atoms. The Morgan fingerprint density at radius 3 is 2.35 bits per heavy atom. The monoisotopic (exact) mass is 540 g/mol. The van der Waals surface area contributed by atoms with Gasteiger partial charge in [0.1, 0.15) is 16.5 Å². The molecule has 0 aliphatic carbocycles. The first-order chi connectivity index (χ1) is 16.2. The zero-order chi connectivity index (χ0) is 24.7. The molecule has 1 amide bonds. The number of nitrogens with one attached hydrogen (secondary N) is 1. The third kappa shape index (κ3) is 6.47. The lowest BCUT2D eigenvalue weighted by molar-refractivity contribution is -0.112. The molecule has 3 rings (SSSR count). The van der Waals surface area contributed by atoms with E-state index < -0.39 is 16.0 Å². The molecule has 1 N–H and O–H groups in total. The lowest BCUT2D eigenvalue weighted by Crippen LogP contribution is -2.13. The van der Waals surface area contributed by atoms with Crippen molar-refractivity contribution in [1.29, 1.82) is 5.26 Å². The molecule has 0 unspecified atom stereocenters. The van der Waals surface area contributed by atoms with E-state index in [-0.39, 0.29) is 28.6 Å². The normalized spacial score (nSPS) is 11.4. The lowest BCUT2D eigenvalue weighted by atomic mass is 10.1. The maximum Gasteiger partial charge on any atom is 0.339 e. The molecule has 0 aromatic heterocycles. The standard InChI is InChI=1S/C25H21BrN2O5S/c1-3-32-24-15-18(14-19(16-27)25(29)28-21-9-7-20(26)8-10-21)6-13-23(24)33-34(30,31)22-11-4-17(2)5-12-22/h4-15H,3H2,1-2H3,(H,28,29)/b19-14-. The summed E-state index contributed by atoms with van der Waals surface area (Å²) in [5, 5.41) is 12.1. The third-order valence-corrected chi connectivity index (χ3v) is 6.33. The fraction of sp³-hybridized carbons (Fsp3) is 0.120. The van der Waals surface area contributed by atoms with E-state index in [1.807, 2.05) is 13.0 Å². The Kier molecular flexibility index (Phi) is 8.10. The lowest BCUT2D eigenvalue weighted by Gasteiger charge is -2.13. The highest BCUT2D eigenvalue weighted by Gasteiger charge is 2.20. The van der Waals surface area contributed by atoms with Crippen molar-refractivity contribution in [3.05, 3.63) is 87.9 Å². The number of anilines is 1. The first-order valence-corrected chi connectivity index (χ1v) is 12.4. The van der Waals surface area contributed by atoms with Crippen LogP contribution in [0.4, 0.5) is 5.69 Å². The topological polar surface area (TPSA) is 105 Å². The minimum atomic E-state index is -4.08. The fourth-order valence-electron chi connectivity index (χ4n) is 2.87. The Morgan fingerprint density at radius 2 is 1.74 bits per heavy atom. The SMILES string of the molecule is CCOc1cc(/C=C(/C#N)C(=O)Nc2ccc(Br)cc2)ccc1OS(=O)(=O)c1ccc(C)cc1. The van der Waals surface area contributed by atoms with Crippen molar-refractivity contribution >= 4 is 43.7 Å². The van der Waals surface area contributed by atoms with Crippen LogP contribution in [0, 0.1) is 18.3 Å². The Hall–Kier alpha value is -3.61. The second kappa shape index (κ2) is 11.0. The predicted octanol–water partition coefficient (Wildman–Crippen LogP) is 5.47. The zero-order valence-corrected chi connectivity index (χ0v) is 20.8. The van der Waals surface area contributed by atoms with Gasteiger partial charge >= 0.3 is 10.1 Å². The number of carbonyl (C=O) groups is 1. The van der Waals surface area contributed by atoms with Crippen LogP contribution in [-0.2, 0) is 14.9 Å². The van der Waals surface area contributed by atoms with Gasteiger partial charge in [0.25, 0.3) is 5.91 Å². The Labute approximate surface area is 206 Å². The zero-order valence-electron chi connectivity index (χ0n) is 18.4. The van der Waals surface area contributed by atoms with E-state index >= 15 is 0 Å². The minimum absolute atomic E-state index is 0.00241. The summed E-state index contributed by atoms with van der Waals surface area (Å²) in [7, 11) is -4.08. The van der Waals surface area contributed by atoms with Crippen LogP contribution < -0.4 is 14.2 Å². The average Bonchev–Trinajstić information content (AvgIpc) is 2.81. The van der Waals surface area contributed by atoms with Gasteiger partial charge in [-0.2, -0.15) is 13.7 Å². The molecule has 7 nitrogen and oxygen atoms in total. The average molecular weight is 541 g/mol. The summed E-state index contributed by atoms with van der Waals surface area (Å²) in [4.78, 5) is 12.5. The molecular formula is C25H21BrN2O5S. The molecule has 0 radical (unpaired) electrons. The number of nitrogens with zero attached hydrogens (tertiary/aromatic N) is 1. The Bertz CT molecular complexity index is 1360. The maximum atomic E-state index is 12.7. The van der Waals surface area contributed by atoms with Crippen molar-refractivity contribution < 1.29 is 22.1 Å². The molecule has 3 aromatic carbocycles. The second-order valence-corrected chi connectivity index (χ2v) is 9.58. The van der Waals surface area contributed by atoms with Gasteiger partial charge in [0.2, 0.25) is 0 Å². The number of rotatable bonds is 8. The molecule has 3 aromatic rings. The number of carbonyl (C=O) groups excluding carboxylic acids is 1. The Morgan fingerprint density at radius 1 is 1.06 bits per heavy atom. The van der Waals surface area contributed by atoms with Crippen molar-refractivity contribution in [3.63, 3.8) is 0 Å². The molecule has 0 fully saturated rings. The molecule has 0 aliphatic rings. The number of hydrogen-bond donors (Lipinski definition) is 1. The van der Waals surface area contributed by atoms with E-state index in [1.165, 1.54) is 36.4 Å². The molecule has 0 aliphatic heterocycles. The van der Waals surface area contributed by atoms with Gasteiger partial charge in [0.05, 0.1) is 6.61 Å². The fourth-order valence-corrected chi connectivity index (χ4v) is 4.07. The van der Waals surface area contributed by atoms with Crippen LogP contribution in [0.1, 0.15) is 18.1 Å². The van der Waals surface area contributed by atoms with Gasteiger partial charge < -0.3 is 14.2 Å². The Balaban J connectivity index is 1.86. The van der Waals surface area contributed by atoms with Crippen molar-refractivity contribution in [1.82, 2.24) is 0 Å². The van der Waals surface area contributed by atoms with Crippen LogP contribution in [0.2, 0.25) is 0 Å². The highest BCUT2D eigenvalue weighted by atomic mass is 79.9. The van der Waals surface area contributed by atoms with Gasteiger partial charge in [-0.25, -0.2) is 0 Å². The first kappa shape index (κ1) is 25.0. The van der Waals surface area contributed by atoms with Gasteiger partial charge in [-0.05, 0) is 74.0 Å². The summed E-state index contributed by atoms with van der Waals surface area (Å²) in [5.41, 5.74) is 1.79. The van der Waals surface area contributed by atoms with Crippen LogP contribution in [0.15, 0.2) is 81.7 Å². The van der Waals surface area contributed by atoms with Crippen LogP contribution in [-0.4, -0.2) is 20.9 Å². The summed E-state index contributed by atoms with van der Waals surface area (Å²) in [6, 6.07) is 19.6. The molecule has 34 heavy (non-hydrogen) atoms. The van der Waals surface area contributed by atoms with Gasteiger partial charge in [0, 0.05) is 10.2 Å². The number of halogens is 1. The number of aryl methyl sites for hydroxylation is 1. The van der Waals surface area contributed by atoms with Crippen LogP contribution in [0.5, 0.6) is 11.5 Å². The summed E-state index contributed by atoms with van der Waals surface area (Å²) in [6.45, 7) is 3.85. The molecular weight excluding hydrogens is 520 g/mol. The van der Waals surface area contributed by atoms with Gasteiger partial charge in [-0.1, -0.05) is 39.7 Å². The number of benzene rings is 3. The summed E-state index contributed by atoms with van der Waals surface area (Å²) in [5.74, 6) is -0.417. The van der Waals surface area contributed by atoms with Crippen molar-refractivity contribution in [2.24, 2.45) is 0 Å². The summed E-state index contributed by atoms with van der Waals surface area (Å²) < 4.78 is 37.1. The number of ether oxygens (including phenoxy) is 1. The third-order valence-electron chi connectivity index (χ3n) is 4.55. The largest absolute Gasteiger partial charge is 0.490 e. The minimum Gasteiger partial charge on any atom is -0.490 e. The van der Waals surface area contributed by atoms with Crippen molar-refractivity contribution in [2.75, 3.05) is 11.9 Å². The maximum absolute atomic E-state index is 12.7. The number of nitriles is 1. The molecule has 174 valence electrons.